The van der Waals surface area contributed by atoms with Crippen molar-refractivity contribution in [1.29, 1.82) is 0 Å². The van der Waals surface area contributed by atoms with Gasteiger partial charge in [0, 0.05) is 26.7 Å². The lowest BCUT2D eigenvalue weighted by molar-refractivity contribution is 0.416. The van der Waals surface area contributed by atoms with Gasteiger partial charge in [0.1, 0.15) is 0 Å². The smallest absolute Gasteiger partial charge is 0.231 e. The van der Waals surface area contributed by atoms with Crippen molar-refractivity contribution < 1.29 is 0 Å². The highest BCUT2D eigenvalue weighted by Crippen LogP contribution is 2.22. The summed E-state index contributed by atoms with van der Waals surface area (Å²) < 4.78 is 0. The van der Waals surface area contributed by atoms with Crippen molar-refractivity contribution in [3.8, 4) is 0 Å². The minimum absolute atomic E-state index is 0.182. The van der Waals surface area contributed by atoms with Crippen LogP contribution in [0.1, 0.15) is 33.6 Å². The molecule has 0 radical (unpaired) electrons. The van der Waals surface area contributed by atoms with Gasteiger partial charge in [-0.2, -0.15) is 15.0 Å². The van der Waals surface area contributed by atoms with Crippen molar-refractivity contribution in [2.75, 3.05) is 36.5 Å². The van der Waals surface area contributed by atoms with Gasteiger partial charge in [-0.1, -0.05) is 20.8 Å². The SMILES string of the molecule is CN(CC(C)(C)C)c1nc(Cl)nc(N2CCCC2)n1. The van der Waals surface area contributed by atoms with Crippen LogP contribution in [-0.4, -0.2) is 41.6 Å². The average Bonchev–Trinajstić information content (AvgIpc) is 2.79. The van der Waals surface area contributed by atoms with E-state index in [4.69, 9.17) is 11.6 Å². The summed E-state index contributed by atoms with van der Waals surface area (Å²) in [6, 6.07) is 0. The molecule has 1 aliphatic rings. The van der Waals surface area contributed by atoms with Crippen LogP contribution in [0, 0.1) is 5.41 Å². The van der Waals surface area contributed by atoms with E-state index in [0.29, 0.717) is 11.9 Å². The molecular formula is C13H22ClN5. The van der Waals surface area contributed by atoms with Crippen LogP contribution in [0.15, 0.2) is 0 Å². The number of hydrogen-bond acceptors (Lipinski definition) is 5. The molecule has 0 aromatic carbocycles. The van der Waals surface area contributed by atoms with Gasteiger partial charge in [0.15, 0.2) is 0 Å². The van der Waals surface area contributed by atoms with E-state index in [1.165, 1.54) is 12.8 Å². The average molecular weight is 284 g/mol. The van der Waals surface area contributed by atoms with E-state index in [0.717, 1.165) is 19.6 Å². The van der Waals surface area contributed by atoms with Gasteiger partial charge in [-0.15, -0.1) is 0 Å². The van der Waals surface area contributed by atoms with Gasteiger partial charge >= 0.3 is 0 Å². The van der Waals surface area contributed by atoms with Crippen molar-refractivity contribution in [2.24, 2.45) is 5.41 Å². The summed E-state index contributed by atoms with van der Waals surface area (Å²) >= 11 is 6.03. The van der Waals surface area contributed by atoms with Crippen LogP contribution in [0.4, 0.5) is 11.9 Å². The molecule has 0 N–H and O–H groups in total. The summed E-state index contributed by atoms with van der Waals surface area (Å²) in [5.41, 5.74) is 0.182. The summed E-state index contributed by atoms with van der Waals surface area (Å²) in [7, 11) is 1.99. The van der Waals surface area contributed by atoms with Crippen molar-refractivity contribution in [3.05, 3.63) is 5.28 Å². The van der Waals surface area contributed by atoms with E-state index >= 15 is 0 Å². The molecule has 1 aromatic heterocycles. The molecule has 0 bridgehead atoms. The Hall–Kier alpha value is -1.10. The minimum Gasteiger partial charge on any atom is -0.343 e. The zero-order valence-corrected chi connectivity index (χ0v) is 12.9. The van der Waals surface area contributed by atoms with Gasteiger partial charge in [-0.3, -0.25) is 0 Å². The first-order valence-corrected chi connectivity index (χ1v) is 7.11. The third-order valence-electron chi connectivity index (χ3n) is 3.03. The Morgan fingerprint density at radius 3 is 2.37 bits per heavy atom. The van der Waals surface area contributed by atoms with E-state index in [1.807, 2.05) is 11.9 Å². The largest absolute Gasteiger partial charge is 0.343 e. The lowest BCUT2D eigenvalue weighted by Gasteiger charge is -2.27. The Balaban J connectivity index is 2.20. The molecule has 6 heteroatoms. The third kappa shape index (κ3) is 3.93. The van der Waals surface area contributed by atoms with Crippen molar-refractivity contribution in [1.82, 2.24) is 15.0 Å². The zero-order valence-electron chi connectivity index (χ0n) is 12.1. The van der Waals surface area contributed by atoms with Crippen molar-refractivity contribution >= 4 is 23.5 Å². The fourth-order valence-corrected chi connectivity index (χ4v) is 2.49. The van der Waals surface area contributed by atoms with Gasteiger partial charge in [-0.25, -0.2) is 0 Å². The summed E-state index contributed by atoms with van der Waals surface area (Å²) in [6.45, 7) is 9.44. The van der Waals surface area contributed by atoms with Crippen LogP contribution in [0.3, 0.4) is 0 Å². The first-order chi connectivity index (χ1) is 8.85. The molecule has 0 aliphatic carbocycles. The predicted molar refractivity (Wildman–Crippen MR) is 79.0 cm³/mol. The van der Waals surface area contributed by atoms with Gasteiger partial charge in [-0.05, 0) is 29.9 Å². The molecule has 0 amide bonds. The molecule has 0 atom stereocenters. The van der Waals surface area contributed by atoms with Gasteiger partial charge in [0.2, 0.25) is 17.2 Å². The summed E-state index contributed by atoms with van der Waals surface area (Å²) in [5, 5.41) is 0.271. The Labute approximate surface area is 120 Å². The molecule has 0 unspecified atom stereocenters. The third-order valence-corrected chi connectivity index (χ3v) is 3.20. The Morgan fingerprint density at radius 1 is 1.16 bits per heavy atom. The standard InChI is InChI=1S/C13H22ClN5/c1-13(2,3)9-18(4)11-15-10(14)16-12(17-11)19-7-5-6-8-19/h5-9H2,1-4H3. The van der Waals surface area contributed by atoms with E-state index in [9.17, 15) is 0 Å². The second kappa shape index (κ2) is 5.49. The molecular weight excluding hydrogens is 262 g/mol. The first kappa shape index (κ1) is 14.3. The predicted octanol–water partition coefficient (Wildman–Crippen LogP) is 2.61. The highest BCUT2D eigenvalue weighted by atomic mass is 35.5. The molecule has 1 fully saturated rings. The van der Waals surface area contributed by atoms with Crippen molar-refractivity contribution in [3.63, 3.8) is 0 Å². The van der Waals surface area contributed by atoms with Gasteiger partial charge in [0.25, 0.3) is 0 Å². The molecule has 2 rings (SSSR count). The van der Waals surface area contributed by atoms with Crippen molar-refractivity contribution in [2.45, 2.75) is 33.6 Å². The lowest BCUT2D eigenvalue weighted by Crippen LogP contribution is -2.31. The van der Waals surface area contributed by atoms with Gasteiger partial charge in [0.05, 0.1) is 0 Å². The van der Waals surface area contributed by atoms with Crippen LogP contribution in [0.2, 0.25) is 5.28 Å². The summed E-state index contributed by atoms with van der Waals surface area (Å²) in [4.78, 5) is 17.2. The molecule has 106 valence electrons. The molecule has 2 heterocycles. The van der Waals surface area contributed by atoms with Crippen LogP contribution in [0.25, 0.3) is 0 Å². The Bertz CT molecular complexity index is 437. The van der Waals surface area contributed by atoms with Crippen LogP contribution in [0.5, 0.6) is 0 Å². The minimum atomic E-state index is 0.182. The molecule has 1 aliphatic heterocycles. The number of halogens is 1. The fraction of sp³-hybridized carbons (Fsp3) is 0.769. The van der Waals surface area contributed by atoms with Crippen LogP contribution >= 0.6 is 11.6 Å². The topological polar surface area (TPSA) is 45.2 Å². The number of nitrogens with zero attached hydrogens (tertiary/aromatic N) is 5. The second-order valence-electron chi connectivity index (χ2n) is 6.32. The molecule has 19 heavy (non-hydrogen) atoms. The molecule has 1 aromatic rings. The normalized spacial score (nSPS) is 15.9. The fourth-order valence-electron chi connectivity index (χ4n) is 2.34. The number of aromatic nitrogens is 3. The van der Waals surface area contributed by atoms with E-state index in [1.54, 1.807) is 0 Å². The summed E-state index contributed by atoms with van der Waals surface area (Å²) in [6.07, 6.45) is 2.38. The van der Waals surface area contributed by atoms with Gasteiger partial charge < -0.3 is 9.80 Å². The Kier molecular flexibility index (Phi) is 4.13. The molecule has 0 spiro atoms. The van der Waals surface area contributed by atoms with Crippen LogP contribution < -0.4 is 9.80 Å². The zero-order chi connectivity index (χ0) is 14.0. The number of hydrogen-bond donors (Lipinski definition) is 0. The molecule has 0 saturated carbocycles. The Morgan fingerprint density at radius 2 is 1.79 bits per heavy atom. The van der Waals surface area contributed by atoms with E-state index < -0.39 is 0 Å². The summed E-state index contributed by atoms with van der Waals surface area (Å²) in [5.74, 6) is 1.35. The maximum absolute atomic E-state index is 6.03. The lowest BCUT2D eigenvalue weighted by atomic mass is 9.96. The molecule has 5 nitrogen and oxygen atoms in total. The maximum atomic E-state index is 6.03. The second-order valence-corrected chi connectivity index (χ2v) is 6.65. The number of anilines is 2. The maximum Gasteiger partial charge on any atom is 0.231 e. The van der Waals surface area contributed by atoms with E-state index in [2.05, 4.69) is 40.6 Å². The quantitative estimate of drug-likeness (QED) is 0.853. The first-order valence-electron chi connectivity index (χ1n) is 6.73. The van der Waals surface area contributed by atoms with E-state index in [-0.39, 0.29) is 10.7 Å². The number of rotatable bonds is 3. The highest BCUT2D eigenvalue weighted by molar-refractivity contribution is 6.28. The highest BCUT2D eigenvalue weighted by Gasteiger charge is 2.20. The van der Waals surface area contributed by atoms with Crippen LogP contribution in [-0.2, 0) is 0 Å². The monoisotopic (exact) mass is 283 g/mol. The molecule has 1 saturated heterocycles.